The lowest BCUT2D eigenvalue weighted by Gasteiger charge is -2.26. The van der Waals surface area contributed by atoms with Crippen LogP contribution in [-0.2, 0) is 16.0 Å². The Hall–Kier alpha value is -2.14. The van der Waals surface area contributed by atoms with Crippen LogP contribution in [0.1, 0.15) is 36.9 Å². The molecule has 1 heterocycles. The zero-order valence-electron chi connectivity index (χ0n) is 15.3. The highest BCUT2D eigenvalue weighted by Crippen LogP contribution is 2.26. The van der Waals surface area contributed by atoms with Gasteiger partial charge in [0.2, 0.25) is 5.91 Å². The van der Waals surface area contributed by atoms with E-state index < -0.39 is 0 Å². The van der Waals surface area contributed by atoms with Gasteiger partial charge in [0.05, 0.1) is 13.2 Å². The van der Waals surface area contributed by atoms with Crippen LogP contribution >= 0.6 is 11.3 Å². The molecule has 0 radical (unpaired) electrons. The van der Waals surface area contributed by atoms with Crippen molar-refractivity contribution in [1.82, 2.24) is 9.88 Å². The highest BCUT2D eigenvalue weighted by atomic mass is 32.1. The van der Waals surface area contributed by atoms with E-state index in [-0.39, 0.29) is 11.9 Å². The summed E-state index contributed by atoms with van der Waals surface area (Å²) >= 11 is 1.57. The number of hydrogen-bond donors (Lipinski definition) is 0. The van der Waals surface area contributed by atoms with Gasteiger partial charge in [0.15, 0.2) is 0 Å². The molecule has 1 aromatic carbocycles. The molecule has 1 atom stereocenters. The molecule has 0 bridgehead atoms. The van der Waals surface area contributed by atoms with E-state index in [2.05, 4.69) is 31.0 Å². The molecule has 0 aliphatic carbocycles. The normalized spacial score (nSPS) is 12.9. The summed E-state index contributed by atoms with van der Waals surface area (Å²) in [5, 5.41) is 2.89. The molecule has 0 fully saturated rings. The number of ether oxygens (including phenoxy) is 1. The third-order valence-electron chi connectivity index (χ3n) is 3.98. The maximum Gasteiger partial charge on any atom is 0.250 e. The molecular formula is C20H26N2O2S. The van der Waals surface area contributed by atoms with Gasteiger partial charge in [-0.15, -0.1) is 11.3 Å². The van der Waals surface area contributed by atoms with Crippen molar-refractivity contribution in [2.24, 2.45) is 5.92 Å². The molecule has 0 aliphatic rings. The van der Waals surface area contributed by atoms with Crippen LogP contribution in [-0.4, -0.2) is 29.9 Å². The average Bonchev–Trinajstić information content (AvgIpc) is 3.13. The van der Waals surface area contributed by atoms with Gasteiger partial charge in [-0.05, 0) is 17.9 Å². The molecule has 1 unspecified atom stereocenters. The van der Waals surface area contributed by atoms with Crippen LogP contribution in [0.25, 0.3) is 0 Å². The smallest absolute Gasteiger partial charge is 0.250 e. The molecule has 4 nitrogen and oxygen atoms in total. The summed E-state index contributed by atoms with van der Waals surface area (Å²) in [7, 11) is 3.44. The van der Waals surface area contributed by atoms with Gasteiger partial charge in [0.25, 0.3) is 0 Å². The number of nitrogens with zero attached hydrogens (tertiary/aromatic N) is 2. The number of allylic oxidation sites excluding steroid dienone is 1. The Morgan fingerprint density at radius 3 is 2.60 bits per heavy atom. The van der Waals surface area contributed by atoms with E-state index in [1.165, 1.54) is 5.56 Å². The van der Waals surface area contributed by atoms with Crippen molar-refractivity contribution in [3.05, 3.63) is 64.3 Å². The molecule has 0 N–H and O–H groups in total. The number of likely N-dealkylation sites (N-methyl/N-ethyl adjacent to an activating group) is 1. The van der Waals surface area contributed by atoms with E-state index in [9.17, 15) is 4.79 Å². The van der Waals surface area contributed by atoms with E-state index in [1.807, 2.05) is 30.6 Å². The van der Waals surface area contributed by atoms with Crippen molar-refractivity contribution in [1.29, 1.82) is 0 Å². The number of thiazole rings is 1. The number of benzene rings is 1. The molecule has 1 aromatic heterocycles. The first-order valence-corrected chi connectivity index (χ1v) is 9.34. The predicted molar refractivity (Wildman–Crippen MR) is 102 cm³/mol. The van der Waals surface area contributed by atoms with Gasteiger partial charge in [0.1, 0.15) is 10.8 Å². The second-order valence-corrected chi connectivity index (χ2v) is 7.36. The third kappa shape index (κ3) is 5.71. The molecule has 2 aromatic rings. The maximum absolute atomic E-state index is 12.8. The zero-order valence-corrected chi connectivity index (χ0v) is 16.1. The maximum atomic E-state index is 12.8. The van der Waals surface area contributed by atoms with E-state index in [4.69, 9.17) is 4.74 Å². The summed E-state index contributed by atoms with van der Waals surface area (Å²) in [4.78, 5) is 19.0. The van der Waals surface area contributed by atoms with Gasteiger partial charge in [0, 0.05) is 31.1 Å². The Morgan fingerprint density at radius 2 is 2.04 bits per heavy atom. The first kappa shape index (κ1) is 19.2. The Morgan fingerprint density at radius 1 is 1.32 bits per heavy atom. The number of hydrogen-bond acceptors (Lipinski definition) is 4. The topological polar surface area (TPSA) is 42.4 Å². The Balaban J connectivity index is 2.21. The van der Waals surface area contributed by atoms with Crippen molar-refractivity contribution < 1.29 is 9.53 Å². The predicted octanol–water partition coefficient (Wildman–Crippen LogP) is 4.46. The van der Waals surface area contributed by atoms with Crippen molar-refractivity contribution in [3.63, 3.8) is 0 Å². The lowest BCUT2D eigenvalue weighted by atomic mass is 10.0. The summed E-state index contributed by atoms with van der Waals surface area (Å²) in [6.45, 7) is 4.21. The number of amides is 1. The fraction of sp³-hybridized carbons (Fsp3) is 0.400. The number of carbonyl (C=O) groups excluding carboxylic acids is 1. The van der Waals surface area contributed by atoms with Crippen molar-refractivity contribution in [3.8, 4) is 0 Å². The lowest BCUT2D eigenvalue weighted by molar-refractivity contribution is -0.127. The number of aromatic nitrogens is 1. The first-order valence-electron chi connectivity index (χ1n) is 8.46. The number of carbonyl (C=O) groups is 1. The minimum atomic E-state index is -0.0942. The molecular weight excluding hydrogens is 332 g/mol. The summed E-state index contributed by atoms with van der Waals surface area (Å²) in [5.74, 6) is 1.08. The highest BCUT2D eigenvalue weighted by Gasteiger charge is 2.23. The third-order valence-corrected chi connectivity index (χ3v) is 4.86. The standard InChI is InChI=1S/C20H26N2O2S/c1-15(2)12-17(24-4)14-19(23)22(3)18(20-21-10-11-25-20)13-16-8-6-5-7-9-16/h5-11,14-15,18H,12-13H2,1-4H3/b17-14+. The molecule has 0 saturated carbocycles. The van der Waals surface area contributed by atoms with Crippen LogP contribution in [0, 0.1) is 5.92 Å². The molecule has 0 saturated heterocycles. The molecule has 25 heavy (non-hydrogen) atoms. The van der Waals surface area contributed by atoms with E-state index in [0.717, 1.165) is 17.8 Å². The van der Waals surface area contributed by atoms with Crippen molar-refractivity contribution in [2.75, 3.05) is 14.2 Å². The van der Waals surface area contributed by atoms with Crippen molar-refractivity contribution in [2.45, 2.75) is 32.7 Å². The largest absolute Gasteiger partial charge is 0.501 e. The molecule has 134 valence electrons. The van der Waals surface area contributed by atoms with Gasteiger partial charge in [-0.3, -0.25) is 4.79 Å². The van der Waals surface area contributed by atoms with Gasteiger partial charge in [-0.1, -0.05) is 44.2 Å². The minimum Gasteiger partial charge on any atom is -0.501 e. The Kier molecular flexibility index (Phi) is 7.19. The molecule has 5 heteroatoms. The summed E-state index contributed by atoms with van der Waals surface area (Å²) in [5.41, 5.74) is 1.18. The van der Waals surface area contributed by atoms with E-state index in [0.29, 0.717) is 11.7 Å². The van der Waals surface area contributed by atoms with Crippen LogP contribution in [0.3, 0.4) is 0 Å². The summed E-state index contributed by atoms with van der Waals surface area (Å²) in [6, 6.07) is 10.1. The lowest BCUT2D eigenvalue weighted by Crippen LogP contribution is -2.31. The summed E-state index contributed by atoms with van der Waals surface area (Å²) < 4.78 is 5.37. The molecule has 0 spiro atoms. The second kappa shape index (κ2) is 9.37. The fourth-order valence-electron chi connectivity index (χ4n) is 2.62. The average molecular weight is 359 g/mol. The summed E-state index contributed by atoms with van der Waals surface area (Å²) in [6.07, 6.45) is 4.87. The Labute approximate surface area is 154 Å². The molecule has 2 rings (SSSR count). The van der Waals surface area contributed by atoms with Gasteiger partial charge in [-0.2, -0.15) is 0 Å². The Bertz CT molecular complexity index is 681. The monoisotopic (exact) mass is 358 g/mol. The fourth-order valence-corrected chi connectivity index (χ4v) is 3.40. The van der Waals surface area contributed by atoms with Gasteiger partial charge < -0.3 is 9.64 Å². The SMILES string of the molecule is CO/C(=C/C(=O)N(C)C(Cc1ccccc1)c1nccs1)CC(C)C. The van der Waals surface area contributed by atoms with Crippen LogP contribution in [0.15, 0.2) is 53.7 Å². The zero-order chi connectivity index (χ0) is 18.2. The van der Waals surface area contributed by atoms with Crippen LogP contribution in [0.2, 0.25) is 0 Å². The van der Waals surface area contributed by atoms with Crippen LogP contribution < -0.4 is 0 Å². The highest BCUT2D eigenvalue weighted by molar-refractivity contribution is 7.09. The van der Waals surface area contributed by atoms with Gasteiger partial charge in [-0.25, -0.2) is 4.98 Å². The van der Waals surface area contributed by atoms with Crippen LogP contribution in [0.5, 0.6) is 0 Å². The number of rotatable bonds is 8. The second-order valence-electron chi connectivity index (χ2n) is 6.44. The number of methoxy groups -OCH3 is 1. The molecule has 1 amide bonds. The van der Waals surface area contributed by atoms with Crippen molar-refractivity contribution >= 4 is 17.2 Å². The van der Waals surface area contributed by atoms with Gasteiger partial charge >= 0.3 is 0 Å². The first-order chi connectivity index (χ1) is 12.0. The van der Waals surface area contributed by atoms with Crippen LogP contribution in [0.4, 0.5) is 0 Å². The minimum absolute atomic E-state index is 0.0615. The van der Waals surface area contributed by atoms with E-state index in [1.54, 1.807) is 35.6 Å². The molecule has 0 aliphatic heterocycles. The van der Waals surface area contributed by atoms with E-state index >= 15 is 0 Å². The quantitative estimate of drug-likeness (QED) is 0.517.